The van der Waals surface area contributed by atoms with E-state index in [-0.39, 0.29) is 29.7 Å². The minimum atomic E-state index is -0.304. The van der Waals surface area contributed by atoms with Gasteiger partial charge in [0, 0.05) is 23.3 Å². The summed E-state index contributed by atoms with van der Waals surface area (Å²) in [4.78, 5) is 23.9. The molecule has 0 bridgehead atoms. The Balaban J connectivity index is 1.79. The van der Waals surface area contributed by atoms with Gasteiger partial charge in [-0.05, 0) is 62.7 Å². The van der Waals surface area contributed by atoms with Crippen molar-refractivity contribution >= 4 is 17.5 Å². The van der Waals surface area contributed by atoms with Crippen molar-refractivity contribution in [3.05, 3.63) is 65.5 Å². The third-order valence-electron chi connectivity index (χ3n) is 3.49. The van der Waals surface area contributed by atoms with Crippen LogP contribution >= 0.6 is 0 Å². The molecule has 2 aromatic rings. The smallest absolute Gasteiger partial charge is 0.251 e. The van der Waals surface area contributed by atoms with Gasteiger partial charge < -0.3 is 16.0 Å². The minimum Gasteiger partial charge on any atom is -0.376 e. The molecule has 0 spiro atoms. The average molecular weight is 357 g/mol. The molecule has 0 unspecified atom stereocenters. The van der Waals surface area contributed by atoms with Crippen LogP contribution < -0.4 is 16.0 Å². The monoisotopic (exact) mass is 357 g/mol. The number of carbonyl (C=O) groups is 2. The second kappa shape index (κ2) is 8.47. The van der Waals surface area contributed by atoms with E-state index in [9.17, 15) is 14.0 Å². The second-order valence-corrected chi connectivity index (χ2v) is 7.04. The molecule has 26 heavy (non-hydrogen) atoms. The summed E-state index contributed by atoms with van der Waals surface area (Å²) in [6.45, 7) is 6.21. The number of amides is 2. The average Bonchev–Trinajstić information content (AvgIpc) is 2.58. The second-order valence-electron chi connectivity index (χ2n) is 7.04. The van der Waals surface area contributed by atoms with Crippen molar-refractivity contribution in [3.63, 3.8) is 0 Å². The fourth-order valence-corrected chi connectivity index (χ4v) is 2.20. The predicted molar refractivity (Wildman–Crippen MR) is 100 cm³/mol. The highest BCUT2D eigenvalue weighted by Crippen LogP contribution is 2.11. The van der Waals surface area contributed by atoms with E-state index in [1.807, 2.05) is 20.8 Å². The molecule has 0 radical (unpaired) electrons. The SMILES string of the molecule is CC(C)(C)NC(=O)c1ccc(NCC(=O)NCc2ccc(F)cc2)cc1. The Hall–Kier alpha value is -2.89. The molecule has 2 rings (SSSR count). The third kappa shape index (κ3) is 6.55. The Morgan fingerprint density at radius 3 is 2.15 bits per heavy atom. The zero-order chi connectivity index (χ0) is 19.2. The normalized spacial score (nSPS) is 10.9. The molecular weight excluding hydrogens is 333 g/mol. The van der Waals surface area contributed by atoms with Gasteiger partial charge in [-0.2, -0.15) is 0 Å². The summed E-state index contributed by atoms with van der Waals surface area (Å²) in [6, 6.07) is 12.9. The highest BCUT2D eigenvalue weighted by Gasteiger charge is 2.15. The van der Waals surface area contributed by atoms with Gasteiger partial charge in [-0.15, -0.1) is 0 Å². The molecule has 138 valence electrons. The maximum atomic E-state index is 12.8. The molecule has 0 aliphatic heterocycles. The summed E-state index contributed by atoms with van der Waals surface area (Å²) in [5.74, 6) is -0.619. The summed E-state index contributed by atoms with van der Waals surface area (Å²) < 4.78 is 12.8. The molecule has 2 amide bonds. The van der Waals surface area contributed by atoms with E-state index in [1.54, 1.807) is 36.4 Å². The molecule has 5 nitrogen and oxygen atoms in total. The molecule has 0 aromatic heterocycles. The van der Waals surface area contributed by atoms with Crippen molar-refractivity contribution in [1.29, 1.82) is 0 Å². The molecule has 3 N–H and O–H groups in total. The van der Waals surface area contributed by atoms with E-state index in [2.05, 4.69) is 16.0 Å². The van der Waals surface area contributed by atoms with Crippen LogP contribution in [0.1, 0.15) is 36.7 Å². The van der Waals surface area contributed by atoms with Crippen molar-refractivity contribution in [2.75, 3.05) is 11.9 Å². The van der Waals surface area contributed by atoms with Crippen LogP contribution in [0.2, 0.25) is 0 Å². The number of halogens is 1. The summed E-state index contributed by atoms with van der Waals surface area (Å²) in [6.07, 6.45) is 0. The fourth-order valence-electron chi connectivity index (χ4n) is 2.20. The molecule has 0 aliphatic carbocycles. The molecule has 2 aromatic carbocycles. The van der Waals surface area contributed by atoms with Crippen LogP contribution in [0.5, 0.6) is 0 Å². The van der Waals surface area contributed by atoms with Crippen molar-refractivity contribution in [3.8, 4) is 0 Å². The number of hydrogen-bond donors (Lipinski definition) is 3. The van der Waals surface area contributed by atoms with E-state index in [0.29, 0.717) is 12.1 Å². The molecule has 0 atom stereocenters. The largest absolute Gasteiger partial charge is 0.376 e. The van der Waals surface area contributed by atoms with Crippen LogP contribution in [-0.2, 0) is 11.3 Å². The minimum absolute atomic E-state index is 0.106. The van der Waals surface area contributed by atoms with Crippen LogP contribution in [0.25, 0.3) is 0 Å². The van der Waals surface area contributed by atoms with E-state index < -0.39 is 0 Å². The highest BCUT2D eigenvalue weighted by molar-refractivity contribution is 5.95. The van der Waals surface area contributed by atoms with E-state index >= 15 is 0 Å². The fraction of sp³-hybridized carbons (Fsp3) is 0.300. The molecule has 0 heterocycles. The molecular formula is C20H24FN3O2. The van der Waals surface area contributed by atoms with Gasteiger partial charge in [-0.25, -0.2) is 4.39 Å². The first kappa shape index (κ1) is 19.4. The summed E-state index contributed by atoms with van der Waals surface area (Å²) in [5, 5.41) is 8.65. The van der Waals surface area contributed by atoms with E-state index in [1.165, 1.54) is 12.1 Å². The molecule has 0 aliphatic rings. The molecule has 0 saturated carbocycles. The van der Waals surface area contributed by atoms with Gasteiger partial charge in [0.1, 0.15) is 5.82 Å². The van der Waals surface area contributed by atoms with Crippen LogP contribution in [0.4, 0.5) is 10.1 Å². The lowest BCUT2D eigenvalue weighted by Gasteiger charge is -2.20. The predicted octanol–water partition coefficient (Wildman–Crippen LogP) is 3.08. The van der Waals surface area contributed by atoms with Crippen LogP contribution in [0, 0.1) is 5.82 Å². The number of anilines is 1. The first-order chi connectivity index (χ1) is 12.2. The number of benzene rings is 2. The van der Waals surface area contributed by atoms with Crippen LogP contribution in [0.15, 0.2) is 48.5 Å². The van der Waals surface area contributed by atoms with Crippen molar-refractivity contribution in [1.82, 2.24) is 10.6 Å². The van der Waals surface area contributed by atoms with Gasteiger partial charge in [0.15, 0.2) is 0 Å². The Morgan fingerprint density at radius 1 is 0.962 bits per heavy atom. The standard InChI is InChI=1S/C20H24FN3O2/c1-20(2,3)24-19(26)15-6-10-17(11-7-15)22-13-18(25)23-12-14-4-8-16(21)9-5-14/h4-11,22H,12-13H2,1-3H3,(H,23,25)(H,24,26). The number of rotatable bonds is 6. The Morgan fingerprint density at radius 2 is 1.58 bits per heavy atom. The van der Waals surface area contributed by atoms with Crippen molar-refractivity contribution in [2.45, 2.75) is 32.9 Å². The van der Waals surface area contributed by atoms with Gasteiger partial charge in [0.05, 0.1) is 6.54 Å². The van der Waals surface area contributed by atoms with Crippen molar-refractivity contribution < 1.29 is 14.0 Å². The van der Waals surface area contributed by atoms with Gasteiger partial charge in [-0.3, -0.25) is 9.59 Å². The Kier molecular flexibility index (Phi) is 6.33. The first-order valence-corrected chi connectivity index (χ1v) is 8.40. The number of hydrogen-bond acceptors (Lipinski definition) is 3. The Labute approximate surface area is 153 Å². The lowest BCUT2D eigenvalue weighted by Crippen LogP contribution is -2.40. The summed E-state index contributed by atoms with van der Waals surface area (Å²) in [5.41, 5.74) is 1.84. The van der Waals surface area contributed by atoms with E-state index in [0.717, 1.165) is 11.3 Å². The zero-order valence-corrected chi connectivity index (χ0v) is 15.2. The topological polar surface area (TPSA) is 70.2 Å². The summed E-state index contributed by atoms with van der Waals surface area (Å²) >= 11 is 0. The maximum Gasteiger partial charge on any atom is 0.251 e. The van der Waals surface area contributed by atoms with Crippen LogP contribution in [0.3, 0.4) is 0 Å². The van der Waals surface area contributed by atoms with Gasteiger partial charge in [-0.1, -0.05) is 12.1 Å². The number of carbonyl (C=O) groups excluding carboxylic acids is 2. The van der Waals surface area contributed by atoms with Crippen LogP contribution in [-0.4, -0.2) is 23.9 Å². The van der Waals surface area contributed by atoms with E-state index in [4.69, 9.17) is 0 Å². The molecule has 0 saturated heterocycles. The van der Waals surface area contributed by atoms with Gasteiger partial charge in [0.2, 0.25) is 5.91 Å². The third-order valence-corrected chi connectivity index (χ3v) is 3.49. The first-order valence-electron chi connectivity index (χ1n) is 8.40. The molecule has 0 fully saturated rings. The zero-order valence-electron chi connectivity index (χ0n) is 15.2. The lowest BCUT2D eigenvalue weighted by molar-refractivity contribution is -0.119. The maximum absolute atomic E-state index is 12.8. The Bertz CT molecular complexity index is 750. The van der Waals surface area contributed by atoms with Gasteiger partial charge in [0.25, 0.3) is 5.91 Å². The quantitative estimate of drug-likeness (QED) is 0.744. The van der Waals surface area contributed by atoms with Crippen molar-refractivity contribution in [2.24, 2.45) is 0 Å². The van der Waals surface area contributed by atoms with Gasteiger partial charge >= 0.3 is 0 Å². The molecule has 6 heteroatoms. The lowest BCUT2D eigenvalue weighted by atomic mass is 10.1. The summed E-state index contributed by atoms with van der Waals surface area (Å²) in [7, 11) is 0. The highest BCUT2D eigenvalue weighted by atomic mass is 19.1. The number of nitrogens with one attached hydrogen (secondary N) is 3.